The monoisotopic (exact) mass is 417 g/mol. The lowest BCUT2D eigenvalue weighted by atomic mass is 10.1. The number of hydrogen-bond donors (Lipinski definition) is 1. The van der Waals surface area contributed by atoms with Crippen molar-refractivity contribution in [2.75, 3.05) is 13.6 Å². The molecule has 1 N–H and O–H groups in total. The van der Waals surface area contributed by atoms with Gasteiger partial charge in [-0.1, -0.05) is 47.6 Å². The van der Waals surface area contributed by atoms with Crippen LogP contribution in [0.4, 0.5) is 0 Å². The zero-order valence-corrected chi connectivity index (χ0v) is 17.1. The summed E-state index contributed by atoms with van der Waals surface area (Å²) in [5, 5.41) is 16.1. The van der Waals surface area contributed by atoms with E-state index in [1.807, 2.05) is 54.6 Å². The highest BCUT2D eigenvalue weighted by Gasteiger charge is 2.18. The summed E-state index contributed by atoms with van der Waals surface area (Å²) >= 11 is 0. The largest absolute Gasteiger partial charge is 0.485 e. The summed E-state index contributed by atoms with van der Waals surface area (Å²) in [6.45, 7) is 0.537. The molecule has 2 aromatic carbocycles. The predicted molar refractivity (Wildman–Crippen MR) is 116 cm³/mol. The minimum atomic E-state index is -0.631. The van der Waals surface area contributed by atoms with Crippen molar-refractivity contribution in [3.05, 3.63) is 90.1 Å². The minimum Gasteiger partial charge on any atom is -0.485 e. The van der Waals surface area contributed by atoms with Crippen LogP contribution in [0.2, 0.25) is 0 Å². The van der Waals surface area contributed by atoms with Crippen molar-refractivity contribution in [3.63, 3.8) is 0 Å². The van der Waals surface area contributed by atoms with Crippen LogP contribution in [0.1, 0.15) is 34.3 Å². The molecule has 0 aliphatic heterocycles. The number of carbonyl (C=O) groups is 1. The SMILES string of the molecule is CN(CCC(O)c1ccccc1)C(=O)c1cc(COc2cccc3cnccc23)on1. The number of benzene rings is 2. The number of fused-ring (bicyclic) bond motifs is 1. The summed E-state index contributed by atoms with van der Waals surface area (Å²) in [7, 11) is 1.68. The standard InChI is InChI=1S/C24H23N3O4/c1-27(13-11-22(28)17-6-3-2-4-7-17)24(29)21-14-19(31-26-21)16-30-23-9-5-8-18-15-25-12-10-20(18)23/h2-10,12,14-15,22,28H,11,13,16H2,1H3. The van der Waals surface area contributed by atoms with Crippen molar-refractivity contribution < 1.29 is 19.2 Å². The van der Waals surface area contributed by atoms with Crippen LogP contribution >= 0.6 is 0 Å². The fraction of sp³-hybridized carbons (Fsp3) is 0.208. The van der Waals surface area contributed by atoms with Crippen molar-refractivity contribution in [1.82, 2.24) is 15.0 Å². The number of aliphatic hydroxyl groups is 1. The van der Waals surface area contributed by atoms with Gasteiger partial charge in [-0.25, -0.2) is 0 Å². The molecule has 0 saturated carbocycles. The third-order valence-electron chi connectivity index (χ3n) is 5.06. The Bertz CT molecular complexity index is 1150. The van der Waals surface area contributed by atoms with Crippen LogP contribution in [0.25, 0.3) is 10.8 Å². The van der Waals surface area contributed by atoms with Gasteiger partial charge in [-0.05, 0) is 24.1 Å². The van der Waals surface area contributed by atoms with Gasteiger partial charge in [0.25, 0.3) is 5.91 Å². The van der Waals surface area contributed by atoms with E-state index in [0.717, 1.165) is 16.3 Å². The Hall–Kier alpha value is -3.71. The lowest BCUT2D eigenvalue weighted by molar-refractivity contribution is 0.0751. The fourth-order valence-electron chi connectivity index (χ4n) is 3.30. The van der Waals surface area contributed by atoms with Gasteiger partial charge in [0.2, 0.25) is 0 Å². The summed E-state index contributed by atoms with van der Waals surface area (Å²) in [4.78, 5) is 18.3. The van der Waals surface area contributed by atoms with E-state index in [0.29, 0.717) is 24.5 Å². The molecule has 7 nitrogen and oxygen atoms in total. The van der Waals surface area contributed by atoms with Crippen molar-refractivity contribution in [2.24, 2.45) is 0 Å². The van der Waals surface area contributed by atoms with Gasteiger partial charge in [0.15, 0.2) is 11.5 Å². The van der Waals surface area contributed by atoms with Gasteiger partial charge in [0.1, 0.15) is 12.4 Å². The molecule has 0 fully saturated rings. The van der Waals surface area contributed by atoms with Gasteiger partial charge in [-0.15, -0.1) is 0 Å². The summed E-state index contributed by atoms with van der Waals surface area (Å²) in [5.41, 5.74) is 1.03. The van der Waals surface area contributed by atoms with Crippen LogP contribution < -0.4 is 4.74 Å². The third kappa shape index (κ3) is 4.90. The predicted octanol–water partition coefficient (Wildman–Crippen LogP) is 4.00. The molecule has 1 atom stereocenters. The number of hydrogen-bond acceptors (Lipinski definition) is 6. The second-order valence-electron chi connectivity index (χ2n) is 7.26. The molecule has 0 saturated heterocycles. The van der Waals surface area contributed by atoms with Gasteiger partial charge in [-0.2, -0.15) is 0 Å². The molecule has 7 heteroatoms. The number of ether oxygens (including phenoxy) is 1. The first kappa shape index (κ1) is 20.6. The first-order chi connectivity index (χ1) is 15.1. The Balaban J connectivity index is 1.34. The van der Waals surface area contributed by atoms with Gasteiger partial charge >= 0.3 is 0 Å². The Morgan fingerprint density at radius 1 is 1.16 bits per heavy atom. The second kappa shape index (κ2) is 9.40. The smallest absolute Gasteiger partial charge is 0.275 e. The van der Waals surface area contributed by atoms with Crippen LogP contribution in [0.15, 0.2) is 77.6 Å². The molecule has 0 aliphatic carbocycles. The topological polar surface area (TPSA) is 88.7 Å². The van der Waals surface area contributed by atoms with Crippen LogP contribution in [-0.4, -0.2) is 39.6 Å². The van der Waals surface area contributed by atoms with E-state index in [1.54, 1.807) is 25.5 Å². The van der Waals surface area contributed by atoms with Crippen molar-refractivity contribution >= 4 is 16.7 Å². The molecular weight excluding hydrogens is 394 g/mol. The normalized spacial score (nSPS) is 11.9. The maximum atomic E-state index is 12.6. The van der Waals surface area contributed by atoms with Crippen LogP contribution in [-0.2, 0) is 6.61 Å². The quantitative estimate of drug-likeness (QED) is 0.466. The number of amides is 1. The van der Waals surface area contributed by atoms with E-state index < -0.39 is 6.10 Å². The molecular formula is C24H23N3O4. The van der Waals surface area contributed by atoms with Gasteiger partial charge in [-0.3, -0.25) is 9.78 Å². The highest BCUT2D eigenvalue weighted by molar-refractivity contribution is 5.92. The Morgan fingerprint density at radius 3 is 2.84 bits per heavy atom. The molecule has 0 spiro atoms. The molecule has 0 aliphatic rings. The average Bonchev–Trinajstić information content (AvgIpc) is 3.30. The molecule has 2 aromatic heterocycles. The molecule has 4 aromatic rings. The van der Waals surface area contributed by atoms with E-state index in [1.165, 1.54) is 4.90 Å². The van der Waals surface area contributed by atoms with E-state index >= 15 is 0 Å². The highest BCUT2D eigenvalue weighted by atomic mass is 16.5. The Labute approximate surface area is 179 Å². The van der Waals surface area contributed by atoms with Crippen LogP contribution in [0, 0.1) is 0 Å². The number of nitrogens with zero attached hydrogens (tertiary/aromatic N) is 3. The molecule has 0 radical (unpaired) electrons. The molecule has 158 valence electrons. The maximum absolute atomic E-state index is 12.6. The molecule has 0 bridgehead atoms. The minimum absolute atomic E-state index is 0.151. The summed E-state index contributed by atoms with van der Waals surface area (Å²) < 4.78 is 11.1. The lowest BCUT2D eigenvalue weighted by Crippen LogP contribution is -2.29. The molecule has 2 heterocycles. The molecule has 1 amide bonds. The number of rotatable bonds is 8. The average molecular weight is 417 g/mol. The Morgan fingerprint density at radius 2 is 2.00 bits per heavy atom. The van der Waals surface area contributed by atoms with E-state index in [-0.39, 0.29) is 18.2 Å². The van der Waals surface area contributed by atoms with E-state index in [2.05, 4.69) is 10.1 Å². The number of pyridine rings is 1. The third-order valence-corrected chi connectivity index (χ3v) is 5.06. The molecule has 31 heavy (non-hydrogen) atoms. The van der Waals surface area contributed by atoms with Crippen LogP contribution in [0.3, 0.4) is 0 Å². The van der Waals surface area contributed by atoms with Crippen LogP contribution in [0.5, 0.6) is 5.75 Å². The van der Waals surface area contributed by atoms with Crippen molar-refractivity contribution in [3.8, 4) is 5.75 Å². The second-order valence-corrected chi connectivity index (χ2v) is 7.26. The lowest BCUT2D eigenvalue weighted by Gasteiger charge is -2.18. The molecule has 4 rings (SSSR count). The zero-order valence-electron chi connectivity index (χ0n) is 17.1. The fourth-order valence-corrected chi connectivity index (χ4v) is 3.30. The first-order valence-corrected chi connectivity index (χ1v) is 10.0. The maximum Gasteiger partial charge on any atom is 0.275 e. The first-order valence-electron chi connectivity index (χ1n) is 10.0. The Kier molecular flexibility index (Phi) is 6.24. The van der Waals surface area contributed by atoms with Crippen molar-refractivity contribution in [1.29, 1.82) is 0 Å². The summed E-state index contributed by atoms with van der Waals surface area (Å²) in [5.74, 6) is 0.884. The molecule has 1 unspecified atom stereocenters. The van der Waals surface area contributed by atoms with Crippen molar-refractivity contribution in [2.45, 2.75) is 19.1 Å². The number of carbonyl (C=O) groups excluding carboxylic acids is 1. The zero-order chi connectivity index (χ0) is 21.6. The number of aliphatic hydroxyl groups excluding tert-OH is 1. The number of aromatic nitrogens is 2. The van der Waals surface area contributed by atoms with Gasteiger partial charge in [0.05, 0.1) is 6.10 Å². The van der Waals surface area contributed by atoms with E-state index in [9.17, 15) is 9.90 Å². The van der Waals surface area contributed by atoms with Gasteiger partial charge in [0, 0.05) is 42.8 Å². The summed E-state index contributed by atoms with van der Waals surface area (Å²) in [6.07, 6.45) is 3.28. The highest BCUT2D eigenvalue weighted by Crippen LogP contribution is 2.25. The summed E-state index contributed by atoms with van der Waals surface area (Å²) in [6, 6.07) is 18.6. The van der Waals surface area contributed by atoms with E-state index in [4.69, 9.17) is 9.26 Å². The van der Waals surface area contributed by atoms with Gasteiger partial charge < -0.3 is 19.3 Å².